The first-order valence-corrected chi connectivity index (χ1v) is 10.7. The number of aromatic nitrogens is 3. The number of thioether (sulfide) groups is 1. The number of nitrogens with one attached hydrogen (secondary N) is 2. The predicted molar refractivity (Wildman–Crippen MR) is 116 cm³/mol. The van der Waals surface area contributed by atoms with Gasteiger partial charge in [-0.1, -0.05) is 30.0 Å². The average Bonchev–Trinajstić information content (AvgIpc) is 3.20. The summed E-state index contributed by atoms with van der Waals surface area (Å²) >= 11 is 4.64. The number of halogens is 2. The normalized spacial score (nSPS) is 12.9. The number of amides is 1. The molecule has 4 rings (SSSR count). The van der Waals surface area contributed by atoms with Crippen LogP contribution >= 0.6 is 27.7 Å². The van der Waals surface area contributed by atoms with Crippen molar-refractivity contribution in [2.45, 2.75) is 5.16 Å². The van der Waals surface area contributed by atoms with Crippen LogP contribution in [-0.4, -0.2) is 40.1 Å². The van der Waals surface area contributed by atoms with Gasteiger partial charge < -0.3 is 14.8 Å². The molecule has 0 fully saturated rings. The molecule has 30 heavy (non-hydrogen) atoms. The Kier molecular flexibility index (Phi) is 6.34. The Morgan fingerprint density at radius 1 is 1.20 bits per heavy atom. The van der Waals surface area contributed by atoms with Crippen LogP contribution in [0.1, 0.15) is 11.4 Å². The van der Waals surface area contributed by atoms with Crippen molar-refractivity contribution >= 4 is 51.4 Å². The Labute approximate surface area is 184 Å². The summed E-state index contributed by atoms with van der Waals surface area (Å²) < 4.78 is 24.7. The van der Waals surface area contributed by atoms with Gasteiger partial charge in [-0.05, 0) is 39.7 Å². The first-order chi connectivity index (χ1) is 14.6. The van der Waals surface area contributed by atoms with Crippen molar-refractivity contribution < 1.29 is 18.7 Å². The smallest absolute Gasteiger partial charge is 0.234 e. The van der Waals surface area contributed by atoms with Crippen LogP contribution in [0.25, 0.3) is 12.2 Å². The van der Waals surface area contributed by atoms with Gasteiger partial charge >= 0.3 is 0 Å². The molecule has 1 aliphatic rings. The SMILES string of the molecule is O=C(CSc1n[nH]c(/C=C/c2ccc(F)cc2)n1)Nc1cc2c(cc1Br)OCCO2. The van der Waals surface area contributed by atoms with Crippen molar-refractivity contribution in [3.05, 3.63) is 58.1 Å². The van der Waals surface area contributed by atoms with E-state index in [-0.39, 0.29) is 17.5 Å². The van der Waals surface area contributed by atoms with Gasteiger partial charge in [0.25, 0.3) is 0 Å². The molecule has 1 aromatic heterocycles. The quantitative estimate of drug-likeness (QED) is 0.498. The standard InChI is InChI=1S/C20H16BrFN4O3S/c21-14-9-16-17(29-8-7-28-16)10-15(14)23-19(27)11-30-20-24-18(25-26-20)6-3-12-1-4-13(22)5-2-12/h1-6,9-10H,7-8,11H2,(H,23,27)(H,24,25,26)/b6-3+. The second kappa shape index (κ2) is 9.31. The number of hydrogen-bond donors (Lipinski definition) is 2. The van der Waals surface area contributed by atoms with Crippen LogP contribution in [0, 0.1) is 5.82 Å². The van der Waals surface area contributed by atoms with E-state index < -0.39 is 0 Å². The molecule has 1 amide bonds. The molecule has 1 aliphatic heterocycles. The minimum Gasteiger partial charge on any atom is -0.486 e. The lowest BCUT2D eigenvalue weighted by Crippen LogP contribution is -2.17. The first-order valence-electron chi connectivity index (χ1n) is 8.95. The number of rotatable bonds is 6. The fraction of sp³-hybridized carbons (Fsp3) is 0.150. The number of carbonyl (C=O) groups is 1. The number of aromatic amines is 1. The minimum absolute atomic E-state index is 0.139. The second-order valence-corrected chi connectivity index (χ2v) is 8.00. The molecule has 0 spiro atoms. The van der Waals surface area contributed by atoms with Gasteiger partial charge in [-0.25, -0.2) is 9.37 Å². The maximum atomic E-state index is 12.9. The van der Waals surface area contributed by atoms with Crippen molar-refractivity contribution in [3.63, 3.8) is 0 Å². The lowest BCUT2D eigenvalue weighted by Gasteiger charge is -2.20. The van der Waals surface area contributed by atoms with Gasteiger partial charge in [0.15, 0.2) is 11.5 Å². The molecule has 0 atom stereocenters. The van der Waals surface area contributed by atoms with E-state index in [1.54, 1.807) is 36.4 Å². The summed E-state index contributed by atoms with van der Waals surface area (Å²) in [5.41, 5.74) is 1.44. The van der Waals surface area contributed by atoms with Crippen LogP contribution in [0.4, 0.5) is 10.1 Å². The molecule has 0 unspecified atom stereocenters. The van der Waals surface area contributed by atoms with E-state index in [0.29, 0.717) is 45.9 Å². The third-order valence-electron chi connectivity index (χ3n) is 4.02. The van der Waals surface area contributed by atoms with Crippen molar-refractivity contribution in [2.75, 3.05) is 24.3 Å². The Balaban J connectivity index is 1.32. The summed E-state index contributed by atoms with van der Waals surface area (Å²) in [5.74, 6) is 1.43. The third kappa shape index (κ3) is 5.19. The van der Waals surface area contributed by atoms with E-state index in [1.165, 1.54) is 23.9 Å². The van der Waals surface area contributed by atoms with Crippen molar-refractivity contribution in [3.8, 4) is 11.5 Å². The van der Waals surface area contributed by atoms with Gasteiger partial charge in [-0.2, -0.15) is 0 Å². The first kappa shape index (κ1) is 20.4. The molecule has 0 radical (unpaired) electrons. The average molecular weight is 491 g/mol. The predicted octanol–water partition coefficient (Wildman–Crippen LogP) is 4.38. The molecule has 0 aliphatic carbocycles. The van der Waals surface area contributed by atoms with Gasteiger partial charge in [-0.15, -0.1) is 5.10 Å². The number of benzene rings is 2. The van der Waals surface area contributed by atoms with E-state index in [2.05, 4.69) is 36.4 Å². The van der Waals surface area contributed by atoms with Crippen molar-refractivity contribution in [1.82, 2.24) is 15.2 Å². The summed E-state index contributed by atoms with van der Waals surface area (Å²) in [6, 6.07) is 9.61. The van der Waals surface area contributed by atoms with Gasteiger partial charge in [0, 0.05) is 16.6 Å². The molecule has 2 heterocycles. The zero-order valence-corrected chi connectivity index (χ0v) is 17.9. The van der Waals surface area contributed by atoms with Gasteiger partial charge in [0.1, 0.15) is 24.9 Å². The number of hydrogen-bond acceptors (Lipinski definition) is 6. The number of ether oxygens (including phenoxy) is 2. The maximum Gasteiger partial charge on any atom is 0.234 e. The maximum absolute atomic E-state index is 12.9. The summed E-state index contributed by atoms with van der Waals surface area (Å²) in [7, 11) is 0. The number of fused-ring (bicyclic) bond motifs is 1. The largest absolute Gasteiger partial charge is 0.486 e. The molecule has 154 valence electrons. The Hall–Kier alpha value is -2.85. The molecule has 0 saturated heterocycles. The molecule has 2 aromatic carbocycles. The lowest BCUT2D eigenvalue weighted by atomic mass is 10.2. The molecule has 7 nitrogen and oxygen atoms in total. The molecule has 10 heteroatoms. The molecule has 0 saturated carbocycles. The summed E-state index contributed by atoms with van der Waals surface area (Å²) in [4.78, 5) is 16.6. The van der Waals surface area contributed by atoms with Crippen LogP contribution < -0.4 is 14.8 Å². The van der Waals surface area contributed by atoms with Crippen LogP contribution in [0.5, 0.6) is 11.5 Å². The van der Waals surface area contributed by atoms with Gasteiger partial charge in [0.2, 0.25) is 11.1 Å². The van der Waals surface area contributed by atoms with Gasteiger partial charge in [0.05, 0.1) is 11.4 Å². The summed E-state index contributed by atoms with van der Waals surface area (Å²) in [6.45, 7) is 0.972. The highest BCUT2D eigenvalue weighted by Gasteiger charge is 2.16. The Bertz CT molecular complexity index is 1090. The molecular formula is C20H16BrFN4O3S. The molecule has 3 aromatic rings. The topological polar surface area (TPSA) is 89.1 Å². The van der Waals surface area contributed by atoms with E-state index in [4.69, 9.17) is 9.47 Å². The fourth-order valence-corrected chi connectivity index (χ4v) is 3.65. The van der Waals surface area contributed by atoms with E-state index >= 15 is 0 Å². The van der Waals surface area contributed by atoms with E-state index in [9.17, 15) is 9.18 Å². The zero-order valence-electron chi connectivity index (χ0n) is 15.5. The lowest BCUT2D eigenvalue weighted by molar-refractivity contribution is -0.113. The number of carbonyl (C=O) groups excluding carboxylic acids is 1. The highest BCUT2D eigenvalue weighted by molar-refractivity contribution is 9.10. The Morgan fingerprint density at radius 3 is 2.70 bits per heavy atom. The van der Waals surface area contributed by atoms with Crippen molar-refractivity contribution in [2.24, 2.45) is 0 Å². The molecule has 2 N–H and O–H groups in total. The van der Waals surface area contributed by atoms with Crippen LogP contribution in [0.15, 0.2) is 46.0 Å². The Morgan fingerprint density at radius 2 is 1.93 bits per heavy atom. The number of anilines is 1. The number of H-pyrrole nitrogens is 1. The van der Waals surface area contributed by atoms with Crippen LogP contribution in [0.3, 0.4) is 0 Å². The monoisotopic (exact) mass is 490 g/mol. The summed E-state index contributed by atoms with van der Waals surface area (Å²) in [6.07, 6.45) is 3.52. The van der Waals surface area contributed by atoms with Crippen LogP contribution in [0.2, 0.25) is 0 Å². The summed E-state index contributed by atoms with van der Waals surface area (Å²) in [5, 5.41) is 10.2. The minimum atomic E-state index is -0.285. The fourth-order valence-electron chi connectivity index (χ4n) is 2.62. The highest BCUT2D eigenvalue weighted by Crippen LogP contribution is 2.38. The van der Waals surface area contributed by atoms with E-state index in [0.717, 1.165) is 5.56 Å². The second-order valence-electron chi connectivity index (χ2n) is 6.20. The molecular weight excluding hydrogens is 475 g/mol. The van der Waals surface area contributed by atoms with Crippen LogP contribution in [-0.2, 0) is 4.79 Å². The van der Waals surface area contributed by atoms with Crippen molar-refractivity contribution in [1.29, 1.82) is 0 Å². The third-order valence-corrected chi connectivity index (χ3v) is 5.53. The molecule has 0 bridgehead atoms. The van der Waals surface area contributed by atoms with Gasteiger partial charge in [-0.3, -0.25) is 9.89 Å². The van der Waals surface area contributed by atoms with E-state index in [1.807, 2.05) is 0 Å². The highest BCUT2D eigenvalue weighted by atomic mass is 79.9. The number of nitrogens with zero attached hydrogens (tertiary/aromatic N) is 2. The zero-order chi connectivity index (χ0) is 20.9.